The molecule has 0 aliphatic carbocycles. The van der Waals surface area contributed by atoms with Gasteiger partial charge in [0.25, 0.3) is 0 Å². The summed E-state index contributed by atoms with van der Waals surface area (Å²) in [5, 5.41) is 36.6. The van der Waals surface area contributed by atoms with Crippen molar-refractivity contribution in [3.63, 3.8) is 0 Å². The number of anilines is 4. The van der Waals surface area contributed by atoms with Gasteiger partial charge in [-0.3, -0.25) is 0 Å². The second-order valence-electron chi connectivity index (χ2n) is 25.7. The normalized spacial score (nSPS) is 11.5. The van der Waals surface area contributed by atoms with E-state index in [1.54, 1.807) is 0 Å². The number of hydrogen-bond acceptors (Lipinski definition) is 6. The van der Waals surface area contributed by atoms with Gasteiger partial charge in [-0.2, -0.15) is 49.2 Å². The first kappa shape index (κ1) is 64.6. The first-order valence-corrected chi connectivity index (χ1v) is 28.4. The minimum absolute atomic E-state index is 0. The van der Waals surface area contributed by atoms with Crippen LogP contribution in [0.15, 0.2) is 182 Å². The Morgan fingerprint density at radius 1 is 0.361 bits per heavy atom. The molecule has 0 bridgehead atoms. The van der Waals surface area contributed by atoms with Crippen molar-refractivity contribution in [3.05, 3.63) is 251 Å². The summed E-state index contributed by atoms with van der Waals surface area (Å²) in [7, 11) is 0. The van der Waals surface area contributed by atoms with E-state index >= 15 is 0 Å². The average Bonchev–Trinajstić information content (AvgIpc) is 3.39. The topological polar surface area (TPSA) is 96.0 Å². The number of para-hydroxylation sites is 4. The molecule has 0 unspecified atom stereocenters. The zero-order valence-corrected chi connectivity index (χ0v) is 55.5. The molecule has 8 aromatic carbocycles. The molecule has 0 saturated carbocycles. The zero-order chi connectivity index (χ0) is 59.9. The van der Waals surface area contributed by atoms with Gasteiger partial charge in [-0.05, 0) is 141 Å². The van der Waals surface area contributed by atoms with Gasteiger partial charge in [0.15, 0.2) is 0 Å². The fourth-order valence-corrected chi connectivity index (χ4v) is 9.66. The van der Waals surface area contributed by atoms with E-state index in [1.807, 2.05) is 97.1 Å². The number of nitrogens with zero attached hydrogens (tertiary/aromatic N) is 2. The summed E-state index contributed by atoms with van der Waals surface area (Å²) in [4.78, 5) is 10.1. The Labute approximate surface area is 515 Å². The van der Waals surface area contributed by atoms with Crippen LogP contribution >= 0.6 is 0 Å². The van der Waals surface area contributed by atoms with Crippen LogP contribution in [0.3, 0.4) is 0 Å². The monoisotopic (exact) mass is 1260 g/mol. The summed E-state index contributed by atoms with van der Waals surface area (Å²) in [5.74, 6) is 0.125. The van der Waals surface area contributed by atoms with Crippen LogP contribution in [0.25, 0.3) is 44.3 Å². The van der Waals surface area contributed by atoms with Crippen LogP contribution in [-0.4, -0.2) is 9.97 Å². The van der Waals surface area contributed by atoms with Gasteiger partial charge >= 0.3 is 25.8 Å². The largest absolute Gasteiger partial charge is 4.00 e. The van der Waals surface area contributed by atoms with E-state index in [9.17, 15) is 10.2 Å². The van der Waals surface area contributed by atoms with Crippen molar-refractivity contribution in [2.45, 2.75) is 132 Å². The third-order valence-electron chi connectivity index (χ3n) is 14.7. The Balaban J connectivity index is 0.000000213. The molecule has 2 aromatic heterocycles. The molecule has 0 atom stereocenters. The van der Waals surface area contributed by atoms with Crippen LogP contribution in [0.2, 0.25) is 0 Å². The smallest absolute Gasteiger partial charge is 0.872 e. The molecule has 10 aromatic rings. The molecule has 83 heavy (non-hydrogen) atoms. The number of nitrogens with one attached hydrogen (secondary N) is 2. The fraction of sp³-hybridized carbons (Fsp3) is 0.263. The minimum atomic E-state index is -0.251. The number of pyridine rings is 2. The summed E-state index contributed by atoms with van der Waals surface area (Å²) < 4.78 is 0. The summed E-state index contributed by atoms with van der Waals surface area (Å²) in [6.07, 6.45) is 0. The Bertz CT molecular complexity index is 3530. The number of aryl methyl sites for hydroxylation is 4. The predicted molar refractivity (Wildman–Crippen MR) is 348 cm³/mol. The van der Waals surface area contributed by atoms with Crippen LogP contribution in [-0.2, 0) is 47.5 Å². The number of aromatic nitrogens is 2. The molecule has 7 heteroatoms. The maximum Gasteiger partial charge on any atom is 4.00 e. The molecule has 0 saturated heterocycles. The molecule has 0 spiro atoms. The van der Waals surface area contributed by atoms with Gasteiger partial charge in [0.2, 0.25) is 0 Å². The Morgan fingerprint density at radius 3 is 0.952 bits per heavy atom. The number of fused-ring (bicyclic) bond motifs is 2. The number of hydrogen-bond donors (Lipinski definition) is 2. The van der Waals surface area contributed by atoms with Gasteiger partial charge in [-0.25, -0.2) is 9.97 Å². The van der Waals surface area contributed by atoms with Crippen LogP contribution in [0.4, 0.5) is 22.7 Å². The van der Waals surface area contributed by atoms with Gasteiger partial charge in [-0.15, -0.1) is 24.3 Å². The minimum Gasteiger partial charge on any atom is -0.872 e. The predicted octanol–water partition coefficient (Wildman–Crippen LogP) is 19.6. The summed E-state index contributed by atoms with van der Waals surface area (Å²) in [6.45, 7) is 41.6. The van der Waals surface area contributed by atoms with Crippen molar-refractivity contribution in [2.24, 2.45) is 0 Å². The molecule has 0 aliphatic rings. The van der Waals surface area contributed by atoms with E-state index in [4.69, 9.17) is 9.97 Å². The molecule has 0 fully saturated rings. The van der Waals surface area contributed by atoms with E-state index in [0.29, 0.717) is 22.5 Å². The Kier molecular flexibility index (Phi) is 20.8. The van der Waals surface area contributed by atoms with Gasteiger partial charge in [0.1, 0.15) is 0 Å². The third kappa shape index (κ3) is 16.4. The molecule has 0 amide bonds. The van der Waals surface area contributed by atoms with Gasteiger partial charge < -0.3 is 20.8 Å². The summed E-state index contributed by atoms with van der Waals surface area (Å²) in [6, 6.07) is 60.9. The maximum absolute atomic E-state index is 13.6. The summed E-state index contributed by atoms with van der Waals surface area (Å²) in [5.41, 5.74) is 18.7. The van der Waals surface area contributed by atoms with E-state index in [2.05, 4.69) is 220 Å². The van der Waals surface area contributed by atoms with Gasteiger partial charge in [0.05, 0.1) is 33.8 Å². The van der Waals surface area contributed by atoms with Gasteiger partial charge in [-0.1, -0.05) is 192 Å². The van der Waals surface area contributed by atoms with Crippen molar-refractivity contribution < 1.29 is 36.1 Å². The second kappa shape index (κ2) is 26.7. The second-order valence-corrected chi connectivity index (χ2v) is 25.7. The molecule has 424 valence electrons. The van der Waals surface area contributed by atoms with Crippen LogP contribution in [0.1, 0.15) is 139 Å². The van der Waals surface area contributed by atoms with E-state index < -0.39 is 0 Å². The molecule has 0 aliphatic heterocycles. The standard InChI is InChI=1S/2C31H36N2O.2C7H7.Hf/c2*1-19-11-9-12-20(2)27(19)33-26-14-10-13-21-15-16-25(32-28(21)26)23-17-22(30(3,4)5)18-24(29(23)34)31(6,7)8;2*1-7-5-3-2-4-6-7;/h2*9-18,33-34H,1-8H3;2*2-6H,1H2;/q;;2*-1;+4/p-2. The average molecular weight is 1260 g/mol. The Morgan fingerprint density at radius 2 is 0.675 bits per heavy atom. The quantitative estimate of drug-likeness (QED) is 0.127. The number of benzene rings is 8. The van der Waals surface area contributed by atoms with Gasteiger partial charge in [0, 0.05) is 22.1 Å². The van der Waals surface area contributed by atoms with Crippen molar-refractivity contribution >= 4 is 44.6 Å². The van der Waals surface area contributed by atoms with E-state index in [0.717, 1.165) is 77.9 Å². The van der Waals surface area contributed by atoms with Crippen molar-refractivity contribution in [1.29, 1.82) is 0 Å². The SMILES string of the molecule is Cc1cccc(C)c1Nc1cccc2ccc(-c3cc(C(C)(C)C)cc(C(C)(C)C)c3[O-])nc12.Cc1cccc(C)c1Nc1cccc2ccc(-c3cc(C(C)(C)C)cc(C(C)(C)C)c3[O-])nc12.[CH2-]c1ccccc1.[CH2-]c1ccccc1.[Hf+4]. The molecule has 10 rings (SSSR count). The van der Waals surface area contributed by atoms with Crippen molar-refractivity contribution in [1.82, 2.24) is 9.97 Å². The van der Waals surface area contributed by atoms with Crippen molar-refractivity contribution in [3.8, 4) is 34.0 Å². The number of rotatable bonds is 6. The molecule has 2 heterocycles. The maximum atomic E-state index is 13.6. The molecule has 6 nitrogen and oxygen atoms in total. The molecule has 2 N–H and O–H groups in total. The first-order chi connectivity index (χ1) is 38.5. The first-order valence-electron chi connectivity index (χ1n) is 28.4. The fourth-order valence-electron chi connectivity index (χ4n) is 9.66. The zero-order valence-electron chi connectivity index (χ0n) is 51.9. The summed E-state index contributed by atoms with van der Waals surface area (Å²) >= 11 is 0. The van der Waals surface area contributed by atoms with E-state index in [-0.39, 0.29) is 59.0 Å². The molecule has 0 radical (unpaired) electrons. The van der Waals surface area contributed by atoms with Crippen LogP contribution in [0, 0.1) is 41.5 Å². The van der Waals surface area contributed by atoms with Crippen LogP contribution < -0.4 is 20.8 Å². The third-order valence-corrected chi connectivity index (χ3v) is 14.7. The van der Waals surface area contributed by atoms with Crippen LogP contribution in [0.5, 0.6) is 11.5 Å². The van der Waals surface area contributed by atoms with Crippen molar-refractivity contribution in [2.75, 3.05) is 10.6 Å². The van der Waals surface area contributed by atoms with E-state index in [1.165, 1.54) is 22.3 Å². The molecular weight excluding hydrogens is 1180 g/mol. The Hall–Kier alpha value is -7.61. The molecular formula is C76H84HfN4O2.